The molecule has 1 rings (SSSR count). The second-order valence-electron chi connectivity index (χ2n) is 4.29. The first kappa shape index (κ1) is 15.7. The second-order valence-corrected chi connectivity index (χ2v) is 4.29. The molecule has 0 aliphatic heterocycles. The standard InChI is InChI=1S/C12H17N3O5/c1-3-7-6-9(15(2)14-7)11(18)13-8(12(19)20)4-5-10(16)17/h6,8H,3-5H2,1-2H3,(H,13,18)(H,16,17)(H,19,20). The summed E-state index contributed by atoms with van der Waals surface area (Å²) in [5.41, 5.74) is 0.957. The van der Waals surface area contributed by atoms with E-state index in [4.69, 9.17) is 10.2 Å². The number of aryl methyl sites for hydroxylation is 2. The van der Waals surface area contributed by atoms with Crippen LogP contribution in [0.2, 0.25) is 0 Å². The Labute approximate surface area is 115 Å². The van der Waals surface area contributed by atoms with E-state index in [0.717, 1.165) is 5.69 Å². The minimum Gasteiger partial charge on any atom is -0.481 e. The minimum absolute atomic E-state index is 0.172. The first-order valence-electron chi connectivity index (χ1n) is 6.13. The number of aliphatic carboxylic acids is 2. The van der Waals surface area contributed by atoms with Crippen LogP contribution in [0.5, 0.6) is 0 Å². The molecule has 8 heteroatoms. The van der Waals surface area contributed by atoms with Crippen LogP contribution in [0.1, 0.15) is 35.9 Å². The number of carboxylic acid groups (broad SMARTS) is 2. The Kier molecular flexibility index (Phi) is 5.24. The van der Waals surface area contributed by atoms with Crippen molar-refractivity contribution in [3.05, 3.63) is 17.5 Å². The van der Waals surface area contributed by atoms with Crippen LogP contribution < -0.4 is 5.32 Å². The summed E-state index contributed by atoms with van der Waals surface area (Å²) < 4.78 is 1.37. The fourth-order valence-corrected chi connectivity index (χ4v) is 1.67. The zero-order valence-corrected chi connectivity index (χ0v) is 11.3. The zero-order chi connectivity index (χ0) is 15.3. The van der Waals surface area contributed by atoms with E-state index in [2.05, 4.69) is 10.4 Å². The molecule has 110 valence electrons. The van der Waals surface area contributed by atoms with Crippen molar-refractivity contribution >= 4 is 17.8 Å². The number of hydrogen-bond acceptors (Lipinski definition) is 4. The van der Waals surface area contributed by atoms with Gasteiger partial charge in [0.2, 0.25) is 0 Å². The fourth-order valence-electron chi connectivity index (χ4n) is 1.67. The Balaban J connectivity index is 2.77. The number of carbonyl (C=O) groups is 3. The molecule has 1 atom stereocenters. The fraction of sp³-hybridized carbons (Fsp3) is 0.500. The van der Waals surface area contributed by atoms with Crippen LogP contribution in [-0.2, 0) is 23.1 Å². The van der Waals surface area contributed by atoms with Gasteiger partial charge in [-0.05, 0) is 18.9 Å². The molecule has 1 aromatic heterocycles. The molecule has 3 N–H and O–H groups in total. The molecule has 0 aromatic carbocycles. The van der Waals surface area contributed by atoms with Crippen molar-refractivity contribution in [3.8, 4) is 0 Å². The van der Waals surface area contributed by atoms with Crippen LogP contribution in [0.15, 0.2) is 6.07 Å². The van der Waals surface area contributed by atoms with Gasteiger partial charge >= 0.3 is 11.9 Å². The van der Waals surface area contributed by atoms with Crippen LogP contribution in [0.4, 0.5) is 0 Å². The largest absolute Gasteiger partial charge is 0.481 e. The van der Waals surface area contributed by atoms with Gasteiger partial charge in [-0.2, -0.15) is 5.10 Å². The van der Waals surface area contributed by atoms with Crippen molar-refractivity contribution in [2.24, 2.45) is 7.05 Å². The topological polar surface area (TPSA) is 122 Å². The molecule has 0 radical (unpaired) electrons. The van der Waals surface area contributed by atoms with Crippen molar-refractivity contribution in [1.82, 2.24) is 15.1 Å². The van der Waals surface area contributed by atoms with Crippen LogP contribution >= 0.6 is 0 Å². The molecule has 8 nitrogen and oxygen atoms in total. The predicted molar refractivity (Wildman–Crippen MR) is 68.3 cm³/mol. The van der Waals surface area contributed by atoms with Gasteiger partial charge in [-0.3, -0.25) is 14.3 Å². The zero-order valence-electron chi connectivity index (χ0n) is 11.3. The number of nitrogens with one attached hydrogen (secondary N) is 1. The molecule has 0 spiro atoms. The lowest BCUT2D eigenvalue weighted by molar-refractivity contribution is -0.140. The number of rotatable bonds is 7. The van der Waals surface area contributed by atoms with Gasteiger partial charge in [0.25, 0.3) is 5.91 Å². The normalized spacial score (nSPS) is 11.9. The number of carbonyl (C=O) groups excluding carboxylic acids is 1. The van der Waals surface area contributed by atoms with E-state index in [-0.39, 0.29) is 18.5 Å². The molecule has 0 aliphatic rings. The molecule has 0 saturated heterocycles. The van der Waals surface area contributed by atoms with E-state index in [9.17, 15) is 14.4 Å². The molecule has 0 fully saturated rings. The number of amides is 1. The van der Waals surface area contributed by atoms with Gasteiger partial charge in [0.15, 0.2) is 0 Å². The summed E-state index contributed by atoms with van der Waals surface area (Å²) >= 11 is 0. The Morgan fingerprint density at radius 2 is 2.05 bits per heavy atom. The lowest BCUT2D eigenvalue weighted by atomic mass is 10.1. The number of aromatic nitrogens is 2. The van der Waals surface area contributed by atoms with Gasteiger partial charge in [0, 0.05) is 13.5 Å². The maximum Gasteiger partial charge on any atom is 0.326 e. The number of nitrogens with zero attached hydrogens (tertiary/aromatic N) is 2. The van der Waals surface area contributed by atoms with Crippen LogP contribution in [0.3, 0.4) is 0 Å². The molecule has 1 aromatic rings. The van der Waals surface area contributed by atoms with E-state index < -0.39 is 23.9 Å². The van der Waals surface area contributed by atoms with Crippen molar-refractivity contribution in [3.63, 3.8) is 0 Å². The van der Waals surface area contributed by atoms with Gasteiger partial charge in [-0.15, -0.1) is 0 Å². The summed E-state index contributed by atoms with van der Waals surface area (Å²) in [6.07, 6.45) is 0.153. The Bertz CT molecular complexity index is 523. The maximum absolute atomic E-state index is 12.0. The van der Waals surface area contributed by atoms with E-state index in [1.807, 2.05) is 6.92 Å². The number of hydrogen-bond donors (Lipinski definition) is 3. The SMILES string of the molecule is CCc1cc(C(=O)NC(CCC(=O)O)C(=O)O)n(C)n1. The molecule has 1 heterocycles. The van der Waals surface area contributed by atoms with Gasteiger partial charge in [-0.1, -0.05) is 6.92 Å². The summed E-state index contributed by atoms with van der Waals surface area (Å²) in [4.78, 5) is 33.4. The van der Waals surface area contributed by atoms with Gasteiger partial charge in [-0.25, -0.2) is 4.79 Å². The molecule has 1 unspecified atom stereocenters. The van der Waals surface area contributed by atoms with Crippen molar-refractivity contribution in [1.29, 1.82) is 0 Å². The second kappa shape index (κ2) is 6.69. The minimum atomic E-state index is -1.27. The van der Waals surface area contributed by atoms with E-state index >= 15 is 0 Å². The highest BCUT2D eigenvalue weighted by atomic mass is 16.4. The number of carboxylic acids is 2. The molecular weight excluding hydrogens is 266 g/mol. The third kappa shape index (κ3) is 4.08. The average Bonchev–Trinajstić information content (AvgIpc) is 2.75. The molecule has 1 amide bonds. The van der Waals surface area contributed by atoms with Crippen LogP contribution in [-0.4, -0.2) is 43.9 Å². The Morgan fingerprint density at radius 1 is 1.40 bits per heavy atom. The quantitative estimate of drug-likeness (QED) is 0.649. The van der Waals surface area contributed by atoms with E-state index in [1.54, 1.807) is 13.1 Å². The lowest BCUT2D eigenvalue weighted by Gasteiger charge is -2.13. The third-order valence-electron chi connectivity index (χ3n) is 2.78. The first-order valence-corrected chi connectivity index (χ1v) is 6.13. The summed E-state index contributed by atoms with van der Waals surface area (Å²) in [6, 6.07) is 0.337. The molecule has 0 bridgehead atoms. The lowest BCUT2D eigenvalue weighted by Crippen LogP contribution is -2.41. The monoisotopic (exact) mass is 283 g/mol. The van der Waals surface area contributed by atoms with Gasteiger partial charge < -0.3 is 15.5 Å². The van der Waals surface area contributed by atoms with Crippen molar-refractivity contribution < 1.29 is 24.6 Å². The summed E-state index contributed by atoms with van der Waals surface area (Å²) in [6.45, 7) is 1.89. The molecule has 20 heavy (non-hydrogen) atoms. The summed E-state index contributed by atoms with van der Waals surface area (Å²) in [5, 5.41) is 23.9. The molecule has 0 saturated carbocycles. The van der Waals surface area contributed by atoms with Crippen molar-refractivity contribution in [2.75, 3.05) is 0 Å². The highest BCUT2D eigenvalue weighted by Gasteiger charge is 2.23. The Morgan fingerprint density at radius 3 is 2.50 bits per heavy atom. The third-order valence-corrected chi connectivity index (χ3v) is 2.78. The van der Waals surface area contributed by atoms with Crippen LogP contribution in [0.25, 0.3) is 0 Å². The highest BCUT2D eigenvalue weighted by Crippen LogP contribution is 2.06. The van der Waals surface area contributed by atoms with E-state index in [1.165, 1.54) is 4.68 Å². The maximum atomic E-state index is 12.0. The van der Waals surface area contributed by atoms with Crippen molar-refractivity contribution in [2.45, 2.75) is 32.2 Å². The predicted octanol–water partition coefficient (Wildman–Crippen LogP) is 0.0303. The summed E-state index contributed by atoms with van der Waals surface area (Å²) in [5.74, 6) is -2.96. The smallest absolute Gasteiger partial charge is 0.326 e. The molecule has 0 aliphatic carbocycles. The van der Waals surface area contributed by atoms with Gasteiger partial charge in [0.05, 0.1) is 5.69 Å². The first-order chi connectivity index (χ1) is 9.35. The Hall–Kier alpha value is -2.38. The highest BCUT2D eigenvalue weighted by molar-refractivity contribution is 5.95. The van der Waals surface area contributed by atoms with Gasteiger partial charge in [0.1, 0.15) is 11.7 Å². The summed E-state index contributed by atoms with van der Waals surface area (Å²) in [7, 11) is 1.58. The average molecular weight is 283 g/mol. The van der Waals surface area contributed by atoms with E-state index in [0.29, 0.717) is 6.42 Å². The van der Waals surface area contributed by atoms with Crippen LogP contribution in [0, 0.1) is 0 Å². The molecular formula is C12H17N3O5.